The number of carbonyl (C=O) groups excluding carboxylic acids is 3. The van der Waals surface area contributed by atoms with Crippen molar-refractivity contribution in [2.75, 3.05) is 40.4 Å². The zero-order chi connectivity index (χ0) is 32.0. The van der Waals surface area contributed by atoms with Crippen LogP contribution in [0.15, 0.2) is 66.7 Å². The van der Waals surface area contributed by atoms with Gasteiger partial charge in [-0.1, -0.05) is 36.4 Å². The summed E-state index contributed by atoms with van der Waals surface area (Å²) in [6.45, 7) is 8.27. The smallest absolute Gasteiger partial charge is 0.407 e. The molecule has 1 fully saturated rings. The summed E-state index contributed by atoms with van der Waals surface area (Å²) in [4.78, 5) is 43.0. The van der Waals surface area contributed by atoms with Crippen molar-refractivity contribution in [2.45, 2.75) is 39.2 Å². The summed E-state index contributed by atoms with van der Waals surface area (Å²) in [7, 11) is 3.07. The van der Waals surface area contributed by atoms with Crippen molar-refractivity contribution in [1.82, 2.24) is 10.2 Å². The van der Waals surface area contributed by atoms with Gasteiger partial charge in [-0.15, -0.1) is 0 Å². The molecule has 1 saturated heterocycles. The lowest BCUT2D eigenvalue weighted by atomic mass is 9.67. The van der Waals surface area contributed by atoms with Crippen LogP contribution in [-0.4, -0.2) is 68.6 Å². The molecule has 1 aliphatic rings. The number of benzene rings is 3. The fourth-order valence-corrected chi connectivity index (χ4v) is 5.84. The van der Waals surface area contributed by atoms with Crippen LogP contribution in [0.5, 0.6) is 11.5 Å². The molecule has 2 atom stereocenters. The Morgan fingerprint density at radius 2 is 1.39 bits per heavy atom. The lowest BCUT2D eigenvalue weighted by Crippen LogP contribution is -2.52. The van der Waals surface area contributed by atoms with Crippen molar-refractivity contribution in [3.63, 3.8) is 0 Å². The third-order valence-electron chi connectivity index (χ3n) is 7.92. The Hall–Kier alpha value is -4.24. The van der Waals surface area contributed by atoms with Gasteiger partial charge in [0.25, 0.3) is 0 Å². The van der Waals surface area contributed by atoms with Crippen molar-refractivity contribution in [2.24, 2.45) is 11.8 Å². The lowest BCUT2D eigenvalue weighted by molar-refractivity contribution is 0.0478. The molecule has 0 bridgehead atoms. The fourth-order valence-electron chi connectivity index (χ4n) is 5.84. The van der Waals surface area contributed by atoms with Gasteiger partial charge in [-0.3, -0.25) is 9.59 Å². The first-order chi connectivity index (χ1) is 20.9. The molecule has 0 aliphatic carbocycles. The van der Waals surface area contributed by atoms with E-state index in [1.807, 2.05) is 4.90 Å². The summed E-state index contributed by atoms with van der Waals surface area (Å²) >= 11 is 0. The number of ketones is 2. The number of carbonyl (C=O) groups is 3. The van der Waals surface area contributed by atoms with Crippen LogP contribution in [0.1, 0.15) is 58.5 Å². The second-order valence-corrected chi connectivity index (χ2v) is 12.1. The van der Waals surface area contributed by atoms with E-state index in [4.69, 9.17) is 14.2 Å². The number of methoxy groups -OCH3 is 2. The van der Waals surface area contributed by atoms with Crippen LogP contribution in [0, 0.1) is 24.6 Å². The summed E-state index contributed by atoms with van der Waals surface area (Å²) < 4.78 is 31.1. The molecular weight excluding hydrogens is 563 g/mol. The third-order valence-corrected chi connectivity index (χ3v) is 7.92. The Balaban J connectivity index is 1.76. The van der Waals surface area contributed by atoms with E-state index < -0.39 is 35.3 Å². The van der Waals surface area contributed by atoms with Crippen molar-refractivity contribution in [3.05, 3.63) is 94.8 Å². The number of amides is 1. The normalized spacial score (nSPS) is 17.5. The van der Waals surface area contributed by atoms with Crippen molar-refractivity contribution in [1.29, 1.82) is 0 Å². The average Bonchev–Trinajstić information content (AvgIpc) is 3.00. The Labute approximate surface area is 258 Å². The van der Waals surface area contributed by atoms with Gasteiger partial charge in [0.05, 0.1) is 14.2 Å². The largest absolute Gasteiger partial charge is 0.497 e. The maximum atomic E-state index is 15.0. The predicted octanol–water partition coefficient (Wildman–Crippen LogP) is 6.07. The van der Waals surface area contributed by atoms with Crippen LogP contribution in [0.2, 0.25) is 0 Å². The van der Waals surface area contributed by atoms with E-state index in [0.717, 1.165) is 0 Å². The number of likely N-dealkylation sites (tertiary alicyclic amines) is 1. The molecule has 9 heteroatoms. The SMILES string of the molecule is COc1cccc(C(=O)[C@H]2CN(CCNC(=O)OC(C)(C)C)C[C@H](C(=O)c3cccc(OC)c3)C2c2cccc(F)c2C)c1. The van der Waals surface area contributed by atoms with Gasteiger partial charge in [0.2, 0.25) is 0 Å². The summed E-state index contributed by atoms with van der Waals surface area (Å²) in [5, 5.41) is 2.77. The van der Waals surface area contributed by atoms with Gasteiger partial charge in [-0.05, 0) is 69.2 Å². The summed E-state index contributed by atoms with van der Waals surface area (Å²) in [5.41, 5.74) is 1.26. The second kappa shape index (κ2) is 14.0. The number of Topliss-reactive ketones (excluding diaryl/α,β-unsaturated/α-hetero) is 2. The molecule has 0 radical (unpaired) electrons. The van der Waals surface area contributed by atoms with Crippen LogP contribution < -0.4 is 14.8 Å². The number of halogens is 1. The second-order valence-electron chi connectivity index (χ2n) is 12.1. The molecule has 3 aromatic carbocycles. The molecule has 8 nitrogen and oxygen atoms in total. The van der Waals surface area contributed by atoms with Gasteiger partial charge in [0.1, 0.15) is 22.9 Å². The lowest BCUT2D eigenvalue weighted by Gasteiger charge is -2.43. The summed E-state index contributed by atoms with van der Waals surface area (Å²) in [6, 6.07) is 18.6. The van der Waals surface area contributed by atoms with Gasteiger partial charge < -0.3 is 24.4 Å². The minimum atomic E-state index is -0.697. The topological polar surface area (TPSA) is 94.2 Å². The number of ether oxygens (including phenoxy) is 3. The molecule has 1 heterocycles. The predicted molar refractivity (Wildman–Crippen MR) is 166 cm³/mol. The van der Waals surface area contributed by atoms with Crippen molar-refractivity contribution < 1.29 is 33.0 Å². The maximum Gasteiger partial charge on any atom is 0.407 e. The van der Waals surface area contributed by atoms with Crippen LogP contribution in [-0.2, 0) is 4.74 Å². The maximum absolute atomic E-state index is 15.0. The molecule has 1 N–H and O–H groups in total. The Morgan fingerprint density at radius 3 is 1.89 bits per heavy atom. The third kappa shape index (κ3) is 7.82. The van der Waals surface area contributed by atoms with E-state index in [9.17, 15) is 14.4 Å². The zero-order valence-electron chi connectivity index (χ0n) is 26.2. The molecule has 1 amide bonds. The number of piperidine rings is 1. The van der Waals surface area contributed by atoms with Crippen molar-refractivity contribution >= 4 is 17.7 Å². The summed E-state index contributed by atoms with van der Waals surface area (Å²) in [5.74, 6) is -1.68. The minimum absolute atomic E-state index is 0.175. The Bertz CT molecular complexity index is 1430. The summed E-state index contributed by atoms with van der Waals surface area (Å²) in [6.07, 6.45) is -0.546. The van der Waals surface area contributed by atoms with E-state index in [0.29, 0.717) is 53.4 Å². The number of hydrogen-bond donors (Lipinski definition) is 1. The minimum Gasteiger partial charge on any atom is -0.497 e. The van der Waals surface area contributed by atoms with Crippen LogP contribution in [0.4, 0.5) is 9.18 Å². The molecular formula is C35H41FN2O6. The average molecular weight is 605 g/mol. The number of alkyl carbamates (subject to hydrolysis) is 1. The number of rotatable bonds is 10. The highest BCUT2D eigenvalue weighted by Crippen LogP contribution is 2.42. The van der Waals surface area contributed by atoms with E-state index >= 15 is 4.39 Å². The number of hydrogen-bond acceptors (Lipinski definition) is 7. The molecule has 1 aliphatic heterocycles. The van der Waals surface area contributed by atoms with E-state index in [1.165, 1.54) is 20.3 Å². The monoisotopic (exact) mass is 604 g/mol. The molecule has 234 valence electrons. The number of nitrogens with zero attached hydrogens (tertiary/aromatic N) is 1. The molecule has 0 saturated carbocycles. The quantitative estimate of drug-likeness (QED) is 0.281. The van der Waals surface area contributed by atoms with Crippen LogP contribution in [0.25, 0.3) is 0 Å². The van der Waals surface area contributed by atoms with Gasteiger partial charge in [-0.2, -0.15) is 0 Å². The highest BCUT2D eigenvalue weighted by Gasteiger charge is 2.45. The molecule has 0 aromatic heterocycles. The van der Waals surface area contributed by atoms with Crippen LogP contribution in [0.3, 0.4) is 0 Å². The highest BCUT2D eigenvalue weighted by atomic mass is 19.1. The van der Waals surface area contributed by atoms with Crippen molar-refractivity contribution in [3.8, 4) is 11.5 Å². The molecule has 44 heavy (non-hydrogen) atoms. The molecule has 3 aromatic rings. The first-order valence-corrected chi connectivity index (χ1v) is 14.7. The first-order valence-electron chi connectivity index (χ1n) is 14.7. The standard InChI is InChI=1S/C35H41FN2O6/c1-22-27(14-9-15-30(22)36)31-28(32(39)23-10-7-12-25(18-23)42-5)20-38(17-16-37-34(41)44-35(2,3)4)21-29(31)33(40)24-11-8-13-26(19-24)43-6/h7-15,18-19,28-29,31H,16-17,20-21H2,1-6H3,(H,37,41)/t28-,29-/m0/s1. The van der Waals surface area contributed by atoms with E-state index in [1.54, 1.807) is 88.4 Å². The van der Waals surface area contributed by atoms with Gasteiger partial charge in [0, 0.05) is 55.1 Å². The van der Waals surface area contributed by atoms with Gasteiger partial charge >= 0.3 is 6.09 Å². The molecule has 0 unspecified atom stereocenters. The molecule has 4 rings (SSSR count). The van der Waals surface area contributed by atoms with E-state index in [-0.39, 0.29) is 18.1 Å². The fraction of sp³-hybridized carbons (Fsp3) is 0.400. The van der Waals surface area contributed by atoms with Gasteiger partial charge in [0.15, 0.2) is 11.6 Å². The zero-order valence-corrected chi connectivity index (χ0v) is 26.2. The first kappa shape index (κ1) is 32.7. The Kier molecular flexibility index (Phi) is 10.4. The van der Waals surface area contributed by atoms with Gasteiger partial charge in [-0.25, -0.2) is 9.18 Å². The highest BCUT2D eigenvalue weighted by molar-refractivity contribution is 6.02. The number of nitrogens with one attached hydrogen (secondary N) is 1. The van der Waals surface area contributed by atoms with E-state index in [2.05, 4.69) is 5.32 Å². The molecule has 0 spiro atoms. The Morgan fingerprint density at radius 1 is 0.864 bits per heavy atom. The van der Waals surface area contributed by atoms with Crippen LogP contribution >= 0.6 is 0 Å².